The van der Waals surface area contributed by atoms with E-state index in [-0.39, 0.29) is 16.4 Å². The van der Waals surface area contributed by atoms with Crippen molar-refractivity contribution in [2.45, 2.75) is 24.2 Å². The summed E-state index contributed by atoms with van der Waals surface area (Å²) in [5.74, 6) is -0.408. The topological polar surface area (TPSA) is 104 Å². The van der Waals surface area contributed by atoms with Gasteiger partial charge in [0, 0.05) is 18.3 Å². The Morgan fingerprint density at radius 3 is 2.43 bits per heavy atom. The van der Waals surface area contributed by atoms with E-state index in [4.69, 9.17) is 5.14 Å². The van der Waals surface area contributed by atoms with Gasteiger partial charge in [0.1, 0.15) is 4.90 Å². The lowest BCUT2D eigenvalue weighted by molar-refractivity contribution is 0.403. The molecule has 3 rings (SSSR count). The van der Waals surface area contributed by atoms with E-state index in [0.717, 1.165) is 24.8 Å². The zero-order valence-corrected chi connectivity index (χ0v) is 13.3. The van der Waals surface area contributed by atoms with Crippen LogP contribution in [0, 0.1) is 0 Å². The zero-order chi connectivity index (χ0) is 16.6. The first-order valence-corrected chi connectivity index (χ1v) is 8.87. The molecule has 0 bridgehead atoms. The van der Waals surface area contributed by atoms with E-state index < -0.39 is 10.0 Å². The van der Waals surface area contributed by atoms with E-state index in [9.17, 15) is 18.6 Å². The lowest BCUT2D eigenvalue weighted by atomic mass is 10.1. The van der Waals surface area contributed by atoms with Gasteiger partial charge in [0.25, 0.3) is 0 Å². The van der Waals surface area contributed by atoms with Crippen molar-refractivity contribution in [1.29, 1.82) is 0 Å². The third-order valence-corrected chi connectivity index (χ3v) is 4.97. The van der Waals surface area contributed by atoms with Crippen LogP contribution in [0.5, 0.6) is 11.5 Å². The number of fused-ring (bicyclic) bond motifs is 1. The Balaban J connectivity index is 2.21. The fourth-order valence-corrected chi connectivity index (χ4v) is 3.68. The Morgan fingerprint density at radius 1 is 1.00 bits per heavy atom. The highest BCUT2D eigenvalue weighted by molar-refractivity contribution is 7.89. The molecule has 0 spiro atoms. The number of para-hydroxylation sites is 1. The third-order valence-electron chi connectivity index (χ3n) is 4.01. The minimum absolute atomic E-state index is 0.0421. The monoisotopic (exact) mass is 334 g/mol. The minimum Gasteiger partial charge on any atom is -0.504 e. The molecule has 1 aliphatic heterocycles. The molecule has 122 valence electrons. The standard InChI is InChI=1S/C16H18N2O4S/c17-23(21,22)16-7-2-1-6-12(16)18-8-4-3-5-11-9-14(19)15(20)10-13(11)18/h1-2,6-7,9-10,19-20H,3-5,8H2,(H2,17,21,22). The molecule has 4 N–H and O–H groups in total. The average Bonchev–Trinajstić information content (AvgIpc) is 2.69. The van der Waals surface area contributed by atoms with Crippen molar-refractivity contribution in [2.24, 2.45) is 5.14 Å². The zero-order valence-electron chi connectivity index (χ0n) is 12.4. The van der Waals surface area contributed by atoms with E-state index in [1.165, 1.54) is 18.2 Å². The van der Waals surface area contributed by atoms with Gasteiger partial charge in [0.2, 0.25) is 10.0 Å². The number of hydrogen-bond acceptors (Lipinski definition) is 5. The summed E-state index contributed by atoms with van der Waals surface area (Å²) in [5, 5.41) is 24.9. The van der Waals surface area contributed by atoms with Gasteiger partial charge in [-0.1, -0.05) is 12.1 Å². The van der Waals surface area contributed by atoms with Gasteiger partial charge in [0.15, 0.2) is 11.5 Å². The third kappa shape index (κ3) is 2.97. The molecule has 2 aromatic carbocycles. The first-order chi connectivity index (χ1) is 10.9. The Hall–Kier alpha value is -2.25. The fourth-order valence-electron chi connectivity index (χ4n) is 2.94. The molecular weight excluding hydrogens is 316 g/mol. The predicted molar refractivity (Wildman–Crippen MR) is 87.5 cm³/mol. The Bertz CT molecular complexity index is 849. The summed E-state index contributed by atoms with van der Waals surface area (Å²) in [7, 11) is -3.87. The molecule has 7 heteroatoms. The second kappa shape index (κ2) is 5.75. The van der Waals surface area contributed by atoms with Crippen LogP contribution < -0.4 is 10.0 Å². The van der Waals surface area contributed by atoms with Gasteiger partial charge in [0.05, 0.1) is 5.69 Å². The molecule has 23 heavy (non-hydrogen) atoms. The molecule has 0 saturated heterocycles. The maximum atomic E-state index is 11.9. The van der Waals surface area contributed by atoms with Crippen LogP contribution in [0.1, 0.15) is 18.4 Å². The number of nitrogens with two attached hydrogens (primary N) is 1. The highest BCUT2D eigenvalue weighted by Gasteiger charge is 2.24. The number of hydrogen-bond donors (Lipinski definition) is 3. The highest BCUT2D eigenvalue weighted by Crippen LogP contribution is 2.40. The van der Waals surface area contributed by atoms with Crippen molar-refractivity contribution < 1.29 is 18.6 Å². The number of primary sulfonamides is 1. The van der Waals surface area contributed by atoms with Gasteiger partial charge in [-0.25, -0.2) is 13.6 Å². The predicted octanol–water partition coefficient (Wildman–Crippen LogP) is 2.22. The number of sulfonamides is 1. The Labute approximate surface area is 134 Å². The summed E-state index contributed by atoms with van der Waals surface area (Å²) in [6.07, 6.45) is 2.51. The van der Waals surface area contributed by atoms with E-state index >= 15 is 0 Å². The number of phenols is 2. The summed E-state index contributed by atoms with van der Waals surface area (Å²) in [6.45, 7) is 0.601. The van der Waals surface area contributed by atoms with Crippen molar-refractivity contribution >= 4 is 21.4 Å². The van der Waals surface area contributed by atoms with Crippen LogP contribution in [0.3, 0.4) is 0 Å². The van der Waals surface area contributed by atoms with E-state index in [2.05, 4.69) is 0 Å². The van der Waals surface area contributed by atoms with Crippen molar-refractivity contribution in [1.82, 2.24) is 0 Å². The molecule has 1 heterocycles. The summed E-state index contributed by atoms with van der Waals surface area (Å²) >= 11 is 0. The molecule has 0 fully saturated rings. The fraction of sp³-hybridized carbons (Fsp3) is 0.250. The summed E-state index contributed by atoms with van der Waals surface area (Å²) in [4.78, 5) is 1.88. The van der Waals surface area contributed by atoms with Crippen LogP contribution in [-0.4, -0.2) is 25.2 Å². The molecular formula is C16H18N2O4S. The van der Waals surface area contributed by atoms with Crippen LogP contribution in [-0.2, 0) is 16.4 Å². The SMILES string of the molecule is NS(=O)(=O)c1ccccc1N1CCCCc2cc(O)c(O)cc21. The van der Waals surface area contributed by atoms with E-state index in [1.807, 2.05) is 4.90 Å². The van der Waals surface area contributed by atoms with Crippen LogP contribution in [0.15, 0.2) is 41.3 Å². The molecule has 0 amide bonds. The molecule has 0 unspecified atom stereocenters. The second-order valence-corrected chi connectivity index (χ2v) is 7.12. The van der Waals surface area contributed by atoms with Gasteiger partial charge in [-0.3, -0.25) is 0 Å². The lowest BCUT2D eigenvalue weighted by Crippen LogP contribution is -2.22. The van der Waals surface area contributed by atoms with Gasteiger partial charge in [-0.2, -0.15) is 0 Å². The molecule has 0 aliphatic carbocycles. The molecule has 1 aliphatic rings. The molecule has 0 radical (unpaired) electrons. The van der Waals surface area contributed by atoms with E-state index in [1.54, 1.807) is 18.2 Å². The lowest BCUT2D eigenvalue weighted by Gasteiger charge is -2.27. The quantitative estimate of drug-likeness (QED) is 0.731. The van der Waals surface area contributed by atoms with Gasteiger partial charge in [-0.15, -0.1) is 0 Å². The number of benzene rings is 2. The summed E-state index contributed by atoms with van der Waals surface area (Å²) in [5.41, 5.74) is 2.03. The normalized spacial score (nSPS) is 15.1. The first kappa shape index (κ1) is 15.6. The van der Waals surface area contributed by atoms with Crippen LogP contribution >= 0.6 is 0 Å². The number of anilines is 2. The van der Waals surface area contributed by atoms with Crippen LogP contribution in [0.25, 0.3) is 0 Å². The summed E-state index contributed by atoms with van der Waals surface area (Å²) in [6, 6.07) is 9.53. The van der Waals surface area contributed by atoms with Crippen molar-refractivity contribution in [2.75, 3.05) is 11.4 Å². The molecule has 0 saturated carbocycles. The van der Waals surface area contributed by atoms with Gasteiger partial charge < -0.3 is 15.1 Å². The maximum absolute atomic E-state index is 11.9. The molecule has 0 aromatic heterocycles. The molecule has 0 atom stereocenters. The number of nitrogens with zero attached hydrogens (tertiary/aromatic N) is 1. The summed E-state index contributed by atoms with van der Waals surface area (Å²) < 4.78 is 23.8. The van der Waals surface area contributed by atoms with Crippen molar-refractivity contribution in [3.8, 4) is 11.5 Å². The van der Waals surface area contributed by atoms with Gasteiger partial charge >= 0.3 is 0 Å². The minimum atomic E-state index is -3.87. The van der Waals surface area contributed by atoms with Gasteiger partial charge in [-0.05, 0) is 43.0 Å². The number of aromatic hydroxyl groups is 2. The van der Waals surface area contributed by atoms with Crippen LogP contribution in [0.4, 0.5) is 11.4 Å². The Kier molecular flexibility index (Phi) is 3.91. The number of aryl methyl sites for hydroxylation is 1. The smallest absolute Gasteiger partial charge is 0.240 e. The largest absolute Gasteiger partial charge is 0.504 e. The average molecular weight is 334 g/mol. The van der Waals surface area contributed by atoms with Crippen molar-refractivity contribution in [3.63, 3.8) is 0 Å². The number of rotatable bonds is 2. The highest BCUT2D eigenvalue weighted by atomic mass is 32.2. The maximum Gasteiger partial charge on any atom is 0.240 e. The second-order valence-electron chi connectivity index (χ2n) is 5.59. The van der Waals surface area contributed by atoms with Crippen LogP contribution in [0.2, 0.25) is 0 Å². The molecule has 2 aromatic rings. The van der Waals surface area contributed by atoms with E-state index in [0.29, 0.717) is 17.9 Å². The van der Waals surface area contributed by atoms with Crippen molar-refractivity contribution in [3.05, 3.63) is 42.0 Å². The Morgan fingerprint density at radius 2 is 1.70 bits per heavy atom. The molecule has 6 nitrogen and oxygen atoms in total. The number of phenolic OH excluding ortho intramolecular Hbond substituents is 2. The first-order valence-electron chi connectivity index (χ1n) is 7.32.